The van der Waals surface area contributed by atoms with Gasteiger partial charge in [-0.05, 0) is 18.2 Å². The van der Waals surface area contributed by atoms with Gasteiger partial charge in [0.05, 0.1) is 5.02 Å². The molecule has 3 rings (SSSR count). The summed E-state index contributed by atoms with van der Waals surface area (Å²) in [6.45, 7) is 0. The van der Waals surface area contributed by atoms with E-state index in [0.29, 0.717) is 0 Å². The molecule has 0 radical (unpaired) electrons. The lowest BCUT2D eigenvalue weighted by molar-refractivity contribution is 0.394. The van der Waals surface area contributed by atoms with Crippen LogP contribution in [0.1, 0.15) is 16.7 Å². The molecule has 0 aliphatic rings. The maximum Gasteiger partial charge on any atom is 0.283 e. The Labute approximate surface area is 186 Å². The Bertz CT molecular complexity index is 1170. The summed E-state index contributed by atoms with van der Waals surface area (Å²) in [4.78, 5) is 0. The van der Waals surface area contributed by atoms with E-state index in [2.05, 4.69) is 0 Å². The van der Waals surface area contributed by atoms with Gasteiger partial charge in [0.25, 0.3) is 10.1 Å². The van der Waals surface area contributed by atoms with Gasteiger partial charge >= 0.3 is 0 Å². The maximum atomic E-state index is 13.0. The molecule has 10 heteroatoms. The Balaban J connectivity index is 2.67. The van der Waals surface area contributed by atoms with Crippen molar-refractivity contribution >= 4 is 56.5 Å². The van der Waals surface area contributed by atoms with Crippen LogP contribution in [-0.4, -0.2) is 23.2 Å². The van der Waals surface area contributed by atoms with E-state index in [-0.39, 0.29) is 26.2 Å². The van der Waals surface area contributed by atoms with Gasteiger partial charge in [-0.25, -0.2) is 0 Å². The topological polar surface area (TPSA) is 94.8 Å². The smallest absolute Gasteiger partial charge is 0.283 e. The molecule has 0 heterocycles. The molecule has 0 fully saturated rings. The molecule has 0 unspecified atom stereocenters. The number of phenols is 2. The van der Waals surface area contributed by atoms with E-state index in [1.807, 2.05) is 0 Å². The van der Waals surface area contributed by atoms with Crippen LogP contribution >= 0.6 is 46.4 Å². The molecule has 0 aliphatic carbocycles. The summed E-state index contributed by atoms with van der Waals surface area (Å²) in [7, 11) is -5.14. The average Bonchev–Trinajstić information content (AvgIpc) is 2.66. The van der Waals surface area contributed by atoms with Crippen LogP contribution in [0.15, 0.2) is 54.6 Å². The van der Waals surface area contributed by atoms with E-state index in [0.717, 1.165) is 6.07 Å². The number of hydrogen-bond donors (Lipinski definition) is 3. The van der Waals surface area contributed by atoms with Crippen molar-refractivity contribution in [2.24, 2.45) is 0 Å². The molecule has 3 aromatic carbocycles. The molecule has 29 heavy (non-hydrogen) atoms. The van der Waals surface area contributed by atoms with E-state index in [1.54, 1.807) is 12.1 Å². The van der Waals surface area contributed by atoms with Gasteiger partial charge < -0.3 is 10.2 Å². The fourth-order valence-corrected chi connectivity index (χ4v) is 5.57. The van der Waals surface area contributed by atoms with Gasteiger partial charge in [0.2, 0.25) is 0 Å². The summed E-state index contributed by atoms with van der Waals surface area (Å²) >= 11 is 24.5. The molecule has 0 aliphatic heterocycles. The minimum absolute atomic E-state index is 0.0463. The molecule has 0 aromatic heterocycles. The number of halogens is 4. The van der Waals surface area contributed by atoms with E-state index < -0.39 is 37.0 Å². The Hall–Kier alpha value is -1.67. The SMILES string of the molecule is O=S(=O)(O)C(c1ccccc1Cl)(c1ccccc1Cl)c1cc(Cl)c(Cl)c(O)c1O. The predicted octanol–water partition coefficient (Wildman–Crippen LogP) is 5.89. The molecule has 0 bridgehead atoms. The lowest BCUT2D eigenvalue weighted by Gasteiger charge is -2.34. The number of rotatable bonds is 4. The van der Waals surface area contributed by atoms with Crippen LogP contribution in [0.4, 0.5) is 0 Å². The molecule has 3 aromatic rings. The van der Waals surface area contributed by atoms with Crippen LogP contribution in [0.5, 0.6) is 11.5 Å². The first-order valence-electron chi connectivity index (χ1n) is 7.91. The summed E-state index contributed by atoms with van der Waals surface area (Å²) in [5.41, 5.74) is -0.719. The summed E-state index contributed by atoms with van der Waals surface area (Å²) in [6.07, 6.45) is 0. The Kier molecular flexibility index (Phi) is 5.98. The van der Waals surface area contributed by atoms with E-state index in [1.165, 1.54) is 36.4 Å². The minimum atomic E-state index is -5.14. The highest BCUT2D eigenvalue weighted by molar-refractivity contribution is 7.87. The zero-order chi connectivity index (χ0) is 21.6. The molecule has 0 atom stereocenters. The molecule has 0 saturated heterocycles. The second-order valence-corrected chi connectivity index (χ2v) is 9.20. The molecule has 0 saturated carbocycles. The van der Waals surface area contributed by atoms with Crippen molar-refractivity contribution < 1.29 is 23.2 Å². The first kappa shape index (κ1) is 22.0. The number of hydrogen-bond acceptors (Lipinski definition) is 4. The first-order valence-corrected chi connectivity index (χ1v) is 10.9. The average molecular weight is 494 g/mol. The number of phenolic OH excluding ortho intramolecular Hbond substituents is 2. The maximum absolute atomic E-state index is 13.0. The lowest BCUT2D eigenvalue weighted by atomic mass is 9.83. The van der Waals surface area contributed by atoms with Crippen molar-refractivity contribution in [3.8, 4) is 11.5 Å². The van der Waals surface area contributed by atoms with Crippen LogP contribution in [0, 0.1) is 0 Å². The second kappa shape index (κ2) is 7.87. The Morgan fingerprint density at radius 3 is 1.55 bits per heavy atom. The summed E-state index contributed by atoms with van der Waals surface area (Å²) in [6, 6.07) is 12.6. The highest BCUT2D eigenvalue weighted by atomic mass is 35.5. The summed E-state index contributed by atoms with van der Waals surface area (Å²) in [5, 5.41) is 20.1. The Morgan fingerprint density at radius 1 is 0.690 bits per heavy atom. The van der Waals surface area contributed by atoms with E-state index >= 15 is 0 Å². The molecule has 0 spiro atoms. The minimum Gasteiger partial charge on any atom is -0.504 e. The predicted molar refractivity (Wildman–Crippen MR) is 114 cm³/mol. The zero-order valence-corrected chi connectivity index (χ0v) is 18.1. The van der Waals surface area contributed by atoms with Crippen molar-refractivity contribution in [3.05, 3.63) is 91.4 Å². The van der Waals surface area contributed by atoms with Crippen molar-refractivity contribution in [3.63, 3.8) is 0 Å². The van der Waals surface area contributed by atoms with Crippen molar-refractivity contribution in [1.82, 2.24) is 0 Å². The highest BCUT2D eigenvalue weighted by Crippen LogP contribution is 2.54. The Morgan fingerprint density at radius 2 is 1.14 bits per heavy atom. The molecule has 3 N–H and O–H groups in total. The van der Waals surface area contributed by atoms with Gasteiger partial charge in [-0.1, -0.05) is 82.8 Å². The molecular weight excluding hydrogens is 482 g/mol. The number of benzene rings is 3. The largest absolute Gasteiger partial charge is 0.504 e. The van der Waals surface area contributed by atoms with Gasteiger partial charge in [0.1, 0.15) is 5.02 Å². The van der Waals surface area contributed by atoms with Gasteiger partial charge in [0, 0.05) is 26.7 Å². The number of aromatic hydroxyl groups is 2. The van der Waals surface area contributed by atoms with Crippen molar-refractivity contribution in [2.75, 3.05) is 0 Å². The van der Waals surface area contributed by atoms with Gasteiger partial charge in [-0.2, -0.15) is 8.42 Å². The third-order valence-corrected chi connectivity index (χ3v) is 7.31. The molecule has 0 amide bonds. The van der Waals surface area contributed by atoms with Crippen molar-refractivity contribution in [1.29, 1.82) is 0 Å². The molecule has 152 valence electrons. The summed E-state index contributed by atoms with van der Waals surface area (Å²) in [5.74, 6) is -1.77. The van der Waals surface area contributed by atoms with E-state index in [4.69, 9.17) is 46.4 Å². The van der Waals surface area contributed by atoms with Crippen LogP contribution in [0.2, 0.25) is 20.1 Å². The van der Waals surface area contributed by atoms with Gasteiger partial charge in [-0.3, -0.25) is 4.55 Å². The standard InChI is InChI=1S/C19H12Cl4O5S/c20-13-7-3-1-5-10(13)19(29(26,27)28,11-6-2-4-8-14(11)21)12-9-15(22)16(23)18(25)17(12)24/h1-9,24-25H,(H,26,27,28). The highest BCUT2D eigenvalue weighted by Gasteiger charge is 2.53. The van der Waals surface area contributed by atoms with Gasteiger partial charge in [-0.15, -0.1) is 0 Å². The monoisotopic (exact) mass is 492 g/mol. The normalized spacial score (nSPS) is 12.2. The summed E-state index contributed by atoms with van der Waals surface area (Å²) < 4.78 is 33.9. The zero-order valence-electron chi connectivity index (χ0n) is 14.3. The first-order chi connectivity index (χ1) is 13.5. The van der Waals surface area contributed by atoms with Crippen molar-refractivity contribution in [2.45, 2.75) is 4.75 Å². The quantitative estimate of drug-likeness (QED) is 0.239. The van der Waals surface area contributed by atoms with Crippen LogP contribution in [-0.2, 0) is 14.9 Å². The fourth-order valence-electron chi connectivity index (χ4n) is 3.22. The van der Waals surface area contributed by atoms with Gasteiger partial charge in [0.15, 0.2) is 16.2 Å². The fraction of sp³-hybridized carbons (Fsp3) is 0.0526. The third-order valence-electron chi connectivity index (χ3n) is 4.44. The lowest BCUT2D eigenvalue weighted by Crippen LogP contribution is -2.39. The molecular formula is C19H12Cl4O5S. The van der Waals surface area contributed by atoms with E-state index in [9.17, 15) is 23.2 Å². The van der Waals surface area contributed by atoms with Crippen LogP contribution in [0.25, 0.3) is 0 Å². The van der Waals surface area contributed by atoms with Crippen LogP contribution < -0.4 is 0 Å². The van der Waals surface area contributed by atoms with Crippen LogP contribution in [0.3, 0.4) is 0 Å². The second-order valence-electron chi connectivity index (χ2n) is 6.03. The molecule has 5 nitrogen and oxygen atoms in total. The third kappa shape index (κ3) is 3.44.